The van der Waals surface area contributed by atoms with Gasteiger partial charge in [-0.1, -0.05) is 12.1 Å². The van der Waals surface area contributed by atoms with Crippen molar-refractivity contribution in [3.63, 3.8) is 0 Å². The highest BCUT2D eigenvalue weighted by Crippen LogP contribution is 2.31. The number of hydrogen-bond acceptors (Lipinski definition) is 2. The average Bonchev–Trinajstić information content (AvgIpc) is 2.31. The largest absolute Gasteiger partial charge is 0.397 e. The van der Waals surface area contributed by atoms with E-state index in [1.54, 1.807) is 6.07 Å². The molecule has 18 heavy (non-hydrogen) atoms. The predicted molar refractivity (Wildman–Crippen MR) is 74.8 cm³/mol. The Morgan fingerprint density at radius 2 is 1.72 bits per heavy atom. The molecule has 2 aromatic rings. The fourth-order valence-corrected chi connectivity index (χ4v) is 2.04. The molecule has 0 aliphatic rings. The van der Waals surface area contributed by atoms with Gasteiger partial charge in [0.2, 0.25) is 0 Å². The summed E-state index contributed by atoms with van der Waals surface area (Å²) in [6.45, 7) is 4.09. The quantitative estimate of drug-likeness (QED) is 0.814. The van der Waals surface area contributed by atoms with Gasteiger partial charge in [0.25, 0.3) is 0 Å². The molecule has 0 aromatic heterocycles. The van der Waals surface area contributed by atoms with Gasteiger partial charge in [-0.25, -0.2) is 4.39 Å². The molecule has 0 fully saturated rings. The fraction of sp³-hybridized carbons (Fsp3) is 0.200. The van der Waals surface area contributed by atoms with Crippen LogP contribution in [-0.4, -0.2) is 7.05 Å². The van der Waals surface area contributed by atoms with Crippen LogP contribution >= 0.6 is 0 Å². The molecule has 2 nitrogen and oxygen atoms in total. The summed E-state index contributed by atoms with van der Waals surface area (Å²) in [4.78, 5) is 1.98. The molecular weight excluding hydrogens is 227 g/mol. The molecule has 0 saturated carbocycles. The van der Waals surface area contributed by atoms with Crippen LogP contribution in [0.5, 0.6) is 0 Å². The van der Waals surface area contributed by atoms with E-state index >= 15 is 0 Å². The van der Waals surface area contributed by atoms with E-state index in [1.807, 2.05) is 25.8 Å². The highest BCUT2D eigenvalue weighted by atomic mass is 19.1. The monoisotopic (exact) mass is 244 g/mol. The smallest absolute Gasteiger partial charge is 0.125 e. The third-order valence-electron chi connectivity index (χ3n) is 3.08. The molecule has 0 saturated heterocycles. The van der Waals surface area contributed by atoms with Crippen LogP contribution in [0.4, 0.5) is 21.5 Å². The average molecular weight is 244 g/mol. The van der Waals surface area contributed by atoms with Crippen molar-refractivity contribution in [2.75, 3.05) is 17.7 Å². The van der Waals surface area contributed by atoms with E-state index in [0.717, 1.165) is 16.9 Å². The summed E-state index contributed by atoms with van der Waals surface area (Å²) < 4.78 is 13.1. The van der Waals surface area contributed by atoms with Crippen LogP contribution in [0.15, 0.2) is 36.4 Å². The normalized spacial score (nSPS) is 10.4. The standard InChI is InChI=1S/C15H17FN2/c1-10-4-5-11(2)15(8-10)18(3)14-7-6-12(16)9-13(14)17/h4-9H,17H2,1-3H3. The molecule has 0 bridgehead atoms. The van der Waals surface area contributed by atoms with Gasteiger partial charge in [0.05, 0.1) is 11.4 Å². The maximum atomic E-state index is 13.1. The summed E-state index contributed by atoms with van der Waals surface area (Å²) >= 11 is 0. The Hall–Kier alpha value is -2.03. The number of aryl methyl sites for hydroxylation is 2. The lowest BCUT2D eigenvalue weighted by Gasteiger charge is -2.23. The summed E-state index contributed by atoms with van der Waals surface area (Å²) in [7, 11) is 1.94. The number of hydrogen-bond donors (Lipinski definition) is 1. The number of nitrogens with zero attached hydrogens (tertiary/aromatic N) is 1. The SMILES string of the molecule is Cc1ccc(C)c(N(C)c2ccc(F)cc2N)c1. The number of halogens is 1. The van der Waals surface area contributed by atoms with Crippen molar-refractivity contribution in [3.8, 4) is 0 Å². The molecule has 2 rings (SSSR count). The number of benzene rings is 2. The molecule has 0 radical (unpaired) electrons. The molecule has 0 unspecified atom stereocenters. The minimum atomic E-state index is -0.314. The first-order chi connectivity index (χ1) is 8.49. The Kier molecular flexibility index (Phi) is 3.24. The molecule has 3 heteroatoms. The third-order valence-corrected chi connectivity index (χ3v) is 3.08. The first-order valence-electron chi connectivity index (χ1n) is 5.85. The molecule has 0 heterocycles. The van der Waals surface area contributed by atoms with Gasteiger partial charge in [0.1, 0.15) is 5.82 Å². The summed E-state index contributed by atoms with van der Waals surface area (Å²) in [5.74, 6) is -0.314. The lowest BCUT2D eigenvalue weighted by molar-refractivity contribution is 0.628. The van der Waals surface area contributed by atoms with Crippen LogP contribution in [0, 0.1) is 19.7 Å². The van der Waals surface area contributed by atoms with Crippen LogP contribution in [0.2, 0.25) is 0 Å². The fourth-order valence-electron chi connectivity index (χ4n) is 2.04. The van der Waals surface area contributed by atoms with Crippen molar-refractivity contribution >= 4 is 17.1 Å². The number of anilines is 3. The molecule has 0 spiro atoms. The van der Waals surface area contributed by atoms with E-state index in [4.69, 9.17) is 5.73 Å². The maximum absolute atomic E-state index is 13.1. The Morgan fingerprint density at radius 3 is 2.39 bits per heavy atom. The van der Waals surface area contributed by atoms with Crippen molar-refractivity contribution in [3.05, 3.63) is 53.3 Å². The summed E-state index contributed by atoms with van der Waals surface area (Å²) in [5.41, 5.74) is 10.5. The first kappa shape index (κ1) is 12.4. The lowest BCUT2D eigenvalue weighted by atomic mass is 10.1. The second kappa shape index (κ2) is 4.69. The van der Waals surface area contributed by atoms with Gasteiger partial charge < -0.3 is 10.6 Å². The second-order valence-corrected chi connectivity index (χ2v) is 4.55. The molecular formula is C15H17FN2. The Labute approximate surface area is 107 Å². The van der Waals surface area contributed by atoms with Gasteiger partial charge in [-0.15, -0.1) is 0 Å². The Morgan fingerprint density at radius 1 is 1.00 bits per heavy atom. The maximum Gasteiger partial charge on any atom is 0.125 e. The first-order valence-corrected chi connectivity index (χ1v) is 5.85. The van der Waals surface area contributed by atoms with Gasteiger partial charge in [-0.05, 0) is 49.2 Å². The summed E-state index contributed by atoms with van der Waals surface area (Å²) in [5, 5.41) is 0. The molecule has 2 aromatic carbocycles. The van der Waals surface area contributed by atoms with E-state index in [1.165, 1.54) is 17.7 Å². The van der Waals surface area contributed by atoms with Crippen molar-refractivity contribution < 1.29 is 4.39 Å². The van der Waals surface area contributed by atoms with Gasteiger partial charge >= 0.3 is 0 Å². The van der Waals surface area contributed by atoms with Crippen LogP contribution < -0.4 is 10.6 Å². The predicted octanol–water partition coefficient (Wildman–Crippen LogP) is 3.79. The van der Waals surface area contributed by atoms with Crippen molar-refractivity contribution in [1.29, 1.82) is 0 Å². The summed E-state index contributed by atoms with van der Waals surface area (Å²) in [6.07, 6.45) is 0. The second-order valence-electron chi connectivity index (χ2n) is 4.55. The minimum Gasteiger partial charge on any atom is -0.397 e. The lowest BCUT2D eigenvalue weighted by Crippen LogP contribution is -2.13. The Bertz CT molecular complexity index is 579. The number of nitrogen functional groups attached to an aromatic ring is 1. The number of nitrogens with two attached hydrogens (primary N) is 1. The highest BCUT2D eigenvalue weighted by molar-refractivity contribution is 5.75. The molecule has 0 amide bonds. The number of rotatable bonds is 2. The van der Waals surface area contributed by atoms with Gasteiger partial charge in [0.15, 0.2) is 0 Å². The van der Waals surface area contributed by atoms with Crippen LogP contribution in [0.25, 0.3) is 0 Å². The third kappa shape index (κ3) is 2.30. The molecule has 0 aliphatic heterocycles. The van der Waals surface area contributed by atoms with Crippen LogP contribution in [-0.2, 0) is 0 Å². The highest BCUT2D eigenvalue weighted by Gasteiger charge is 2.10. The zero-order chi connectivity index (χ0) is 13.3. The van der Waals surface area contributed by atoms with E-state index in [0.29, 0.717) is 5.69 Å². The van der Waals surface area contributed by atoms with E-state index < -0.39 is 0 Å². The zero-order valence-corrected chi connectivity index (χ0v) is 10.9. The Balaban J connectivity index is 2.47. The zero-order valence-electron chi connectivity index (χ0n) is 10.9. The van der Waals surface area contributed by atoms with E-state index in [-0.39, 0.29) is 5.82 Å². The summed E-state index contributed by atoms with van der Waals surface area (Å²) in [6, 6.07) is 10.7. The van der Waals surface area contributed by atoms with Crippen LogP contribution in [0.1, 0.15) is 11.1 Å². The van der Waals surface area contributed by atoms with Crippen LogP contribution in [0.3, 0.4) is 0 Å². The van der Waals surface area contributed by atoms with Gasteiger partial charge in [-0.3, -0.25) is 0 Å². The minimum absolute atomic E-state index is 0.314. The van der Waals surface area contributed by atoms with Crippen molar-refractivity contribution in [2.24, 2.45) is 0 Å². The van der Waals surface area contributed by atoms with E-state index in [2.05, 4.69) is 18.2 Å². The van der Waals surface area contributed by atoms with Crippen molar-refractivity contribution in [1.82, 2.24) is 0 Å². The molecule has 0 atom stereocenters. The topological polar surface area (TPSA) is 29.3 Å². The van der Waals surface area contributed by atoms with Gasteiger partial charge in [-0.2, -0.15) is 0 Å². The molecule has 0 aliphatic carbocycles. The van der Waals surface area contributed by atoms with Gasteiger partial charge in [0, 0.05) is 12.7 Å². The molecule has 2 N–H and O–H groups in total. The molecule has 94 valence electrons. The van der Waals surface area contributed by atoms with E-state index in [9.17, 15) is 4.39 Å². The van der Waals surface area contributed by atoms with Crippen molar-refractivity contribution in [2.45, 2.75) is 13.8 Å².